The molecule has 0 saturated heterocycles. The van der Waals surface area contributed by atoms with Crippen LogP contribution in [0, 0.1) is 6.92 Å². The number of thioether (sulfide) groups is 1. The summed E-state index contributed by atoms with van der Waals surface area (Å²) in [5.41, 5.74) is 2.73. The highest BCUT2D eigenvalue weighted by Crippen LogP contribution is 2.33. The molecule has 0 bridgehead atoms. The van der Waals surface area contributed by atoms with Crippen LogP contribution in [0.5, 0.6) is 0 Å². The van der Waals surface area contributed by atoms with Gasteiger partial charge in [-0.25, -0.2) is 4.98 Å². The molecule has 0 unspecified atom stereocenters. The van der Waals surface area contributed by atoms with Crippen molar-refractivity contribution in [3.63, 3.8) is 0 Å². The number of fused-ring (bicyclic) bond motifs is 1. The lowest BCUT2D eigenvalue weighted by molar-refractivity contribution is 0.0926. The Bertz CT molecular complexity index is 854. The van der Waals surface area contributed by atoms with E-state index < -0.39 is 0 Å². The van der Waals surface area contributed by atoms with Crippen LogP contribution in [0.3, 0.4) is 0 Å². The Balaban J connectivity index is 1.80. The first-order chi connectivity index (χ1) is 12.2. The molecule has 1 N–H and O–H groups in total. The van der Waals surface area contributed by atoms with Crippen LogP contribution in [0.15, 0.2) is 38.4 Å². The summed E-state index contributed by atoms with van der Waals surface area (Å²) < 4.78 is 6.88. The number of furan rings is 1. The average molecular weight is 375 g/mol. The number of para-hydroxylation sites is 1. The van der Waals surface area contributed by atoms with E-state index in [0.29, 0.717) is 18.1 Å². The number of unbranched alkanes of at least 4 members (excludes halogenated alkanes) is 2. The van der Waals surface area contributed by atoms with Crippen LogP contribution in [0.2, 0.25) is 0 Å². The van der Waals surface area contributed by atoms with Crippen molar-refractivity contribution in [2.45, 2.75) is 43.2 Å². The van der Waals surface area contributed by atoms with Crippen molar-refractivity contribution in [1.29, 1.82) is 0 Å². The molecule has 3 aromatic rings. The Morgan fingerprint density at radius 1 is 1.32 bits per heavy atom. The molecule has 25 heavy (non-hydrogen) atoms. The number of aromatic nitrogens is 1. The van der Waals surface area contributed by atoms with Gasteiger partial charge in [0.15, 0.2) is 5.76 Å². The highest BCUT2D eigenvalue weighted by Gasteiger charge is 2.20. The zero-order chi connectivity index (χ0) is 17.6. The predicted molar refractivity (Wildman–Crippen MR) is 104 cm³/mol. The fraction of sp³-hybridized carbons (Fsp3) is 0.368. The second-order valence-electron chi connectivity index (χ2n) is 5.91. The van der Waals surface area contributed by atoms with Gasteiger partial charge in [-0.2, -0.15) is 0 Å². The monoisotopic (exact) mass is 374 g/mol. The molecule has 2 aromatic heterocycles. The molecule has 4 nitrogen and oxygen atoms in total. The third kappa shape index (κ3) is 4.44. The first kappa shape index (κ1) is 18.0. The van der Waals surface area contributed by atoms with Crippen LogP contribution in [0.25, 0.3) is 11.0 Å². The molecule has 0 aliphatic carbocycles. The van der Waals surface area contributed by atoms with Crippen molar-refractivity contribution in [2.24, 2.45) is 0 Å². The lowest BCUT2D eigenvalue weighted by Crippen LogP contribution is -2.24. The Morgan fingerprint density at radius 3 is 2.92 bits per heavy atom. The smallest absolute Gasteiger partial charge is 0.287 e. The minimum atomic E-state index is -0.127. The Hall–Kier alpha value is -1.79. The zero-order valence-corrected chi connectivity index (χ0v) is 16.1. The second-order valence-corrected chi connectivity index (χ2v) is 7.99. The molecule has 2 heterocycles. The van der Waals surface area contributed by atoms with Gasteiger partial charge < -0.3 is 9.73 Å². The largest absolute Gasteiger partial charge is 0.451 e. The van der Waals surface area contributed by atoms with E-state index in [1.165, 1.54) is 0 Å². The number of thiazole rings is 1. The SMILES string of the molecule is CCCCCNC(=O)c1oc2ccccc2c1CSc1nc(C)cs1. The standard InChI is InChI=1S/C19H22N2O2S2/c1-3-4-7-10-20-18(22)17-15(12-25-19-21-13(2)11-24-19)14-8-5-6-9-16(14)23-17/h5-6,8-9,11H,3-4,7,10,12H2,1-2H3,(H,20,22). The van der Waals surface area contributed by atoms with Crippen molar-refractivity contribution < 1.29 is 9.21 Å². The molecule has 0 aliphatic rings. The fourth-order valence-electron chi connectivity index (χ4n) is 2.62. The van der Waals surface area contributed by atoms with Crippen molar-refractivity contribution >= 4 is 40.0 Å². The van der Waals surface area contributed by atoms with Crippen LogP contribution >= 0.6 is 23.1 Å². The molecular weight excluding hydrogens is 352 g/mol. The molecule has 0 aliphatic heterocycles. The van der Waals surface area contributed by atoms with Gasteiger partial charge in [-0.05, 0) is 19.4 Å². The molecule has 0 spiro atoms. The number of hydrogen-bond donors (Lipinski definition) is 1. The number of rotatable bonds is 8. The fourth-order valence-corrected chi connectivity index (χ4v) is 4.49. The van der Waals surface area contributed by atoms with E-state index in [0.717, 1.165) is 45.8 Å². The maximum atomic E-state index is 12.6. The summed E-state index contributed by atoms with van der Waals surface area (Å²) in [6, 6.07) is 7.82. The molecule has 6 heteroatoms. The number of amides is 1. The van der Waals surface area contributed by atoms with Crippen LogP contribution in [-0.4, -0.2) is 17.4 Å². The second kappa shape index (κ2) is 8.54. The van der Waals surface area contributed by atoms with Crippen LogP contribution in [0.1, 0.15) is 48.0 Å². The number of carbonyl (C=O) groups excluding carboxylic acids is 1. The molecular formula is C19H22N2O2S2. The molecule has 3 rings (SSSR count). The minimum absolute atomic E-state index is 0.127. The summed E-state index contributed by atoms with van der Waals surface area (Å²) in [6.07, 6.45) is 3.24. The van der Waals surface area contributed by atoms with E-state index in [1.807, 2.05) is 36.6 Å². The third-order valence-corrected chi connectivity index (χ3v) is 6.07. The zero-order valence-electron chi connectivity index (χ0n) is 14.5. The maximum absolute atomic E-state index is 12.6. The quantitative estimate of drug-likeness (QED) is 0.423. The highest BCUT2D eigenvalue weighted by atomic mass is 32.2. The van der Waals surface area contributed by atoms with Crippen LogP contribution in [-0.2, 0) is 5.75 Å². The summed E-state index contributed by atoms with van der Waals surface area (Å²) >= 11 is 3.28. The van der Waals surface area contributed by atoms with E-state index in [2.05, 4.69) is 17.2 Å². The maximum Gasteiger partial charge on any atom is 0.287 e. The molecule has 1 amide bonds. The van der Waals surface area contributed by atoms with Gasteiger partial charge in [0.05, 0.1) is 0 Å². The number of nitrogens with one attached hydrogen (secondary N) is 1. The van der Waals surface area contributed by atoms with Gasteiger partial charge >= 0.3 is 0 Å². The van der Waals surface area contributed by atoms with Crippen molar-refractivity contribution in [1.82, 2.24) is 10.3 Å². The van der Waals surface area contributed by atoms with E-state index in [4.69, 9.17) is 4.42 Å². The lowest BCUT2D eigenvalue weighted by atomic mass is 10.1. The van der Waals surface area contributed by atoms with Crippen molar-refractivity contribution in [3.8, 4) is 0 Å². The van der Waals surface area contributed by atoms with E-state index >= 15 is 0 Å². The Labute approximate surface area is 156 Å². The number of benzene rings is 1. The van der Waals surface area contributed by atoms with Gasteiger partial charge in [-0.1, -0.05) is 49.7 Å². The van der Waals surface area contributed by atoms with Gasteiger partial charge in [0, 0.05) is 34.3 Å². The van der Waals surface area contributed by atoms with Gasteiger partial charge in [-0.3, -0.25) is 4.79 Å². The van der Waals surface area contributed by atoms with E-state index in [-0.39, 0.29) is 5.91 Å². The molecule has 0 fully saturated rings. The summed E-state index contributed by atoms with van der Waals surface area (Å²) in [4.78, 5) is 17.1. The van der Waals surface area contributed by atoms with Crippen molar-refractivity contribution in [2.75, 3.05) is 6.54 Å². The average Bonchev–Trinajstić information content (AvgIpc) is 3.20. The third-order valence-electron chi connectivity index (χ3n) is 3.91. The molecule has 0 saturated carbocycles. The summed E-state index contributed by atoms with van der Waals surface area (Å²) in [5, 5.41) is 6.02. The Morgan fingerprint density at radius 2 is 2.16 bits per heavy atom. The summed E-state index contributed by atoms with van der Waals surface area (Å²) in [5.74, 6) is 0.971. The highest BCUT2D eigenvalue weighted by molar-refractivity contribution is 8.00. The number of aryl methyl sites for hydroxylation is 1. The normalized spacial score (nSPS) is 11.1. The lowest BCUT2D eigenvalue weighted by Gasteiger charge is -2.04. The first-order valence-electron chi connectivity index (χ1n) is 8.52. The van der Waals surface area contributed by atoms with Gasteiger partial charge in [0.2, 0.25) is 0 Å². The van der Waals surface area contributed by atoms with Crippen molar-refractivity contribution in [3.05, 3.63) is 46.7 Å². The molecule has 0 radical (unpaired) electrons. The Kier molecular flexibility index (Phi) is 6.15. The van der Waals surface area contributed by atoms with Gasteiger partial charge in [0.25, 0.3) is 5.91 Å². The van der Waals surface area contributed by atoms with Gasteiger partial charge in [0.1, 0.15) is 9.92 Å². The molecule has 132 valence electrons. The summed E-state index contributed by atoms with van der Waals surface area (Å²) in [7, 11) is 0. The van der Waals surface area contributed by atoms with E-state index in [1.54, 1.807) is 23.1 Å². The summed E-state index contributed by atoms with van der Waals surface area (Å²) in [6.45, 7) is 4.82. The number of hydrogen-bond acceptors (Lipinski definition) is 5. The number of nitrogens with zero attached hydrogens (tertiary/aromatic N) is 1. The van der Waals surface area contributed by atoms with E-state index in [9.17, 15) is 4.79 Å². The molecule has 1 aromatic carbocycles. The van der Waals surface area contributed by atoms with Crippen LogP contribution < -0.4 is 5.32 Å². The first-order valence-corrected chi connectivity index (χ1v) is 10.4. The van der Waals surface area contributed by atoms with Gasteiger partial charge in [-0.15, -0.1) is 11.3 Å². The minimum Gasteiger partial charge on any atom is -0.451 e. The number of carbonyl (C=O) groups is 1. The topological polar surface area (TPSA) is 55.1 Å². The van der Waals surface area contributed by atoms with Crippen LogP contribution in [0.4, 0.5) is 0 Å². The predicted octanol–water partition coefficient (Wildman–Crippen LogP) is 5.41. The molecule has 0 atom stereocenters.